The molecule has 1 spiro atoms. The van der Waals surface area contributed by atoms with Crippen LogP contribution in [0.2, 0.25) is 0 Å². The van der Waals surface area contributed by atoms with Crippen molar-refractivity contribution in [2.45, 2.75) is 75.1 Å². The van der Waals surface area contributed by atoms with Crippen LogP contribution in [0.5, 0.6) is 11.5 Å². The van der Waals surface area contributed by atoms with Gasteiger partial charge >= 0.3 is 17.9 Å². The van der Waals surface area contributed by atoms with Crippen LogP contribution >= 0.6 is 0 Å². The van der Waals surface area contributed by atoms with Gasteiger partial charge in [-0.2, -0.15) is 0 Å². The molecular weight excluding hydrogens is 540 g/mol. The van der Waals surface area contributed by atoms with Crippen molar-refractivity contribution in [1.29, 1.82) is 0 Å². The number of carbonyl (C=O) groups is 4. The van der Waals surface area contributed by atoms with Gasteiger partial charge in [0.15, 0.2) is 23.7 Å². The summed E-state index contributed by atoms with van der Waals surface area (Å²) in [5, 5.41) is 24.9. The zero-order valence-corrected chi connectivity index (χ0v) is 23.3. The van der Waals surface area contributed by atoms with Gasteiger partial charge in [-0.15, -0.1) is 0 Å². The van der Waals surface area contributed by atoms with Crippen molar-refractivity contribution in [1.82, 2.24) is 10.2 Å². The number of esters is 3. The highest BCUT2D eigenvalue weighted by molar-refractivity contribution is 5.83. The summed E-state index contributed by atoms with van der Waals surface area (Å²) >= 11 is 0. The number of carbonyl (C=O) groups excluding carboxylic acids is 4. The predicted molar refractivity (Wildman–Crippen MR) is 139 cm³/mol. The van der Waals surface area contributed by atoms with Crippen molar-refractivity contribution < 1.29 is 53.1 Å². The molecule has 1 aromatic rings. The number of nitrogens with one attached hydrogen (secondary N) is 1. The fourth-order valence-corrected chi connectivity index (χ4v) is 6.72. The largest absolute Gasteiger partial charge is 0.493 e. The second-order valence-corrected chi connectivity index (χ2v) is 10.8. The number of aliphatic hydroxyl groups is 2. The molecule has 2 bridgehead atoms. The molecule has 5 rings (SSSR count). The van der Waals surface area contributed by atoms with Crippen LogP contribution < -0.4 is 14.8 Å². The van der Waals surface area contributed by atoms with E-state index in [1.54, 1.807) is 6.08 Å². The molecule has 0 saturated carbocycles. The Morgan fingerprint density at radius 2 is 2.00 bits per heavy atom. The lowest BCUT2D eigenvalue weighted by Gasteiger charge is -2.61. The Labute approximate surface area is 236 Å². The fourth-order valence-electron chi connectivity index (χ4n) is 6.72. The molecule has 1 amide bonds. The van der Waals surface area contributed by atoms with Crippen LogP contribution in [0.15, 0.2) is 24.0 Å². The number of hydrogen-bond donors (Lipinski definition) is 3. The maximum Gasteiger partial charge on any atom is 0.381 e. The molecule has 0 unspecified atom stereocenters. The quantitative estimate of drug-likeness (QED) is 0.203. The molecule has 2 aliphatic carbocycles. The lowest BCUT2D eigenvalue weighted by atomic mass is 9.50. The fraction of sp³-hybridized carbons (Fsp3) is 0.571. The van der Waals surface area contributed by atoms with Crippen molar-refractivity contribution in [2.24, 2.45) is 0 Å². The second-order valence-electron chi connectivity index (χ2n) is 10.8. The SMILES string of the molecule is COc1ccc2c3c1O[C@@H]1C(OC(=O)[C@H](O)OC(=O)CCNC(=O)[C@H](C)OC(C)=O)=CC[C@]4(O)[C@H](C2)N(C)CC[C@@]314. The number of piperidine rings is 1. The van der Waals surface area contributed by atoms with E-state index < -0.39 is 53.3 Å². The van der Waals surface area contributed by atoms with E-state index in [1.807, 2.05) is 19.2 Å². The van der Waals surface area contributed by atoms with Crippen molar-refractivity contribution >= 4 is 23.8 Å². The lowest BCUT2D eigenvalue weighted by molar-refractivity contribution is -0.193. The summed E-state index contributed by atoms with van der Waals surface area (Å²) in [5.74, 6) is -2.34. The predicted octanol–water partition coefficient (Wildman–Crippen LogP) is -0.164. The molecule has 13 heteroatoms. The number of likely N-dealkylation sites (N-methyl/N-ethyl adjacent to an activating group) is 1. The maximum absolute atomic E-state index is 12.8. The Bertz CT molecular complexity index is 1310. The first-order valence-corrected chi connectivity index (χ1v) is 13.5. The molecule has 13 nitrogen and oxygen atoms in total. The Kier molecular flexibility index (Phi) is 7.47. The molecule has 0 radical (unpaired) electrons. The molecule has 1 aromatic carbocycles. The minimum absolute atomic E-state index is 0.107. The molecule has 41 heavy (non-hydrogen) atoms. The van der Waals surface area contributed by atoms with Crippen LogP contribution in [-0.2, 0) is 45.2 Å². The van der Waals surface area contributed by atoms with E-state index in [2.05, 4.69) is 10.2 Å². The topological polar surface area (TPSA) is 170 Å². The molecule has 6 atom stereocenters. The summed E-state index contributed by atoms with van der Waals surface area (Å²) in [4.78, 5) is 49.9. The van der Waals surface area contributed by atoms with Gasteiger partial charge in [-0.3, -0.25) is 14.4 Å². The highest BCUT2D eigenvalue weighted by Crippen LogP contribution is 2.65. The van der Waals surface area contributed by atoms with Crippen molar-refractivity contribution in [3.8, 4) is 11.5 Å². The minimum atomic E-state index is -2.23. The Balaban J connectivity index is 1.27. The van der Waals surface area contributed by atoms with E-state index >= 15 is 0 Å². The van der Waals surface area contributed by atoms with E-state index in [4.69, 9.17) is 23.7 Å². The van der Waals surface area contributed by atoms with E-state index in [0.29, 0.717) is 30.9 Å². The number of nitrogens with zero attached hydrogens (tertiary/aromatic N) is 1. The molecule has 2 aliphatic heterocycles. The molecular formula is C28H34N2O11. The summed E-state index contributed by atoms with van der Waals surface area (Å²) in [6.45, 7) is 3.04. The average molecular weight is 575 g/mol. The maximum atomic E-state index is 12.8. The van der Waals surface area contributed by atoms with E-state index in [1.165, 1.54) is 14.0 Å². The lowest BCUT2D eigenvalue weighted by Crippen LogP contribution is -2.74. The number of hydrogen-bond acceptors (Lipinski definition) is 12. The average Bonchev–Trinajstić information content (AvgIpc) is 3.27. The van der Waals surface area contributed by atoms with Crippen LogP contribution in [-0.4, -0.2) is 96.3 Å². The van der Waals surface area contributed by atoms with Gasteiger partial charge in [-0.25, -0.2) is 4.79 Å². The highest BCUT2D eigenvalue weighted by atomic mass is 16.7. The van der Waals surface area contributed by atoms with Gasteiger partial charge < -0.3 is 44.1 Å². The highest BCUT2D eigenvalue weighted by Gasteiger charge is 2.72. The standard InChI is InChI=1S/C28H34N2O11/c1-14(38-15(2)31)24(33)29-11-8-20(32)40-26(35)25(34)39-18-7-9-28(36)19-13-16-5-6-17(37-4)22-21(16)27(28,23(18)41-22)10-12-30(19)3/h5-7,14,19,23,26,35-36H,8-13H2,1-4H3,(H,29,33)/t14-,19-,23+,26+,27+,28-/m0/s1. The smallest absolute Gasteiger partial charge is 0.381 e. The summed E-state index contributed by atoms with van der Waals surface area (Å²) in [5.41, 5.74) is -0.226. The van der Waals surface area contributed by atoms with Gasteiger partial charge in [0.1, 0.15) is 5.76 Å². The Morgan fingerprint density at radius 3 is 2.71 bits per heavy atom. The van der Waals surface area contributed by atoms with Crippen molar-refractivity contribution in [3.63, 3.8) is 0 Å². The van der Waals surface area contributed by atoms with Gasteiger partial charge in [-0.1, -0.05) is 6.07 Å². The number of benzene rings is 1. The number of rotatable bonds is 9. The van der Waals surface area contributed by atoms with E-state index in [9.17, 15) is 29.4 Å². The Hall–Kier alpha value is -3.68. The van der Waals surface area contributed by atoms with E-state index in [0.717, 1.165) is 18.1 Å². The molecule has 3 N–H and O–H groups in total. The van der Waals surface area contributed by atoms with Crippen LogP contribution in [0, 0.1) is 0 Å². The summed E-state index contributed by atoms with van der Waals surface area (Å²) in [6, 6.07) is 3.61. The van der Waals surface area contributed by atoms with Crippen molar-refractivity contribution in [3.05, 3.63) is 35.1 Å². The number of ether oxygens (including phenoxy) is 5. The first-order valence-electron chi connectivity index (χ1n) is 13.5. The monoisotopic (exact) mass is 574 g/mol. The van der Waals surface area contributed by atoms with Gasteiger partial charge in [-0.05, 0) is 51.1 Å². The first-order chi connectivity index (χ1) is 19.4. The first kappa shape index (κ1) is 28.8. The minimum Gasteiger partial charge on any atom is -0.493 e. The van der Waals surface area contributed by atoms with Gasteiger partial charge in [0.25, 0.3) is 12.2 Å². The summed E-state index contributed by atoms with van der Waals surface area (Å²) < 4.78 is 27.0. The van der Waals surface area contributed by atoms with Gasteiger partial charge in [0.05, 0.1) is 24.5 Å². The van der Waals surface area contributed by atoms with Gasteiger partial charge in [0.2, 0.25) is 0 Å². The summed E-state index contributed by atoms with van der Waals surface area (Å²) in [6.07, 6.45) is -1.59. The molecule has 1 saturated heterocycles. The summed E-state index contributed by atoms with van der Waals surface area (Å²) in [7, 11) is 3.51. The Morgan fingerprint density at radius 1 is 1.24 bits per heavy atom. The molecule has 0 aromatic heterocycles. The number of aliphatic hydroxyl groups excluding tert-OH is 1. The molecule has 4 aliphatic rings. The number of methoxy groups -OCH3 is 1. The second kappa shape index (κ2) is 10.6. The normalized spacial score (nSPS) is 28.7. The van der Waals surface area contributed by atoms with E-state index in [-0.39, 0.29) is 31.2 Å². The zero-order chi connectivity index (χ0) is 29.7. The molecule has 2 heterocycles. The third-order valence-electron chi connectivity index (χ3n) is 8.56. The zero-order valence-electron chi connectivity index (χ0n) is 23.3. The number of amides is 1. The third kappa shape index (κ3) is 4.61. The van der Waals surface area contributed by atoms with Gasteiger partial charge in [0, 0.05) is 31.5 Å². The molecule has 222 valence electrons. The van der Waals surface area contributed by atoms with Crippen LogP contribution in [0.3, 0.4) is 0 Å². The van der Waals surface area contributed by atoms with Crippen LogP contribution in [0.4, 0.5) is 0 Å². The van der Waals surface area contributed by atoms with Crippen LogP contribution in [0.1, 0.15) is 44.2 Å². The number of likely N-dealkylation sites (tertiary alicyclic amines) is 1. The third-order valence-corrected chi connectivity index (χ3v) is 8.56. The van der Waals surface area contributed by atoms with Crippen molar-refractivity contribution in [2.75, 3.05) is 27.2 Å². The van der Waals surface area contributed by atoms with Crippen LogP contribution in [0.25, 0.3) is 0 Å². The molecule has 1 fully saturated rings.